The van der Waals surface area contributed by atoms with Crippen LogP contribution in [-0.2, 0) is 11.2 Å². The molecule has 116 valence electrons. The van der Waals surface area contributed by atoms with Gasteiger partial charge in [-0.05, 0) is 51.7 Å². The van der Waals surface area contributed by atoms with Gasteiger partial charge in [-0.3, -0.25) is 0 Å². The Morgan fingerprint density at radius 1 is 1.38 bits per heavy atom. The lowest BCUT2D eigenvalue weighted by Crippen LogP contribution is -1.93. The number of hydrogen-bond donors (Lipinski definition) is 0. The standard InChI is InChI=1S/C16H21NO2.C2H6/c1-4-5-7-10-14(2)18-12-9-6-8-11-16-13-15(3)19-17-16;1-2/h1,5,7,10,13H,6,8-9,11-12H2,2-3H3;1-2H3/b7-5-,14-10+;. The van der Waals surface area contributed by atoms with E-state index in [1.54, 1.807) is 6.08 Å². The van der Waals surface area contributed by atoms with Crippen LogP contribution in [0.15, 0.2) is 34.6 Å². The number of aryl methyl sites for hydroxylation is 2. The van der Waals surface area contributed by atoms with Gasteiger partial charge in [0.2, 0.25) is 0 Å². The van der Waals surface area contributed by atoms with E-state index in [9.17, 15) is 0 Å². The van der Waals surface area contributed by atoms with Crippen molar-refractivity contribution in [3.8, 4) is 12.3 Å². The van der Waals surface area contributed by atoms with Crippen LogP contribution in [0.1, 0.15) is 51.5 Å². The van der Waals surface area contributed by atoms with Gasteiger partial charge in [-0.2, -0.15) is 0 Å². The molecule has 0 atom stereocenters. The zero-order valence-electron chi connectivity index (χ0n) is 13.7. The minimum absolute atomic E-state index is 0.740. The summed E-state index contributed by atoms with van der Waals surface area (Å²) in [4.78, 5) is 0. The van der Waals surface area contributed by atoms with E-state index in [0.717, 1.165) is 49.5 Å². The second-order valence-electron chi connectivity index (χ2n) is 4.39. The SMILES string of the molecule is C#C/C=C\C=C(/C)OCCCCCc1cc(C)on1.CC. The second-order valence-corrected chi connectivity index (χ2v) is 4.39. The highest BCUT2D eigenvalue weighted by Crippen LogP contribution is 2.08. The summed E-state index contributed by atoms with van der Waals surface area (Å²) >= 11 is 0. The molecule has 0 aromatic carbocycles. The molecule has 0 amide bonds. The number of nitrogens with zero attached hydrogens (tertiary/aromatic N) is 1. The van der Waals surface area contributed by atoms with Crippen molar-refractivity contribution in [2.24, 2.45) is 0 Å². The Hall–Kier alpha value is -1.95. The van der Waals surface area contributed by atoms with Crippen LogP contribution in [0.2, 0.25) is 0 Å². The summed E-state index contributed by atoms with van der Waals surface area (Å²) in [6.45, 7) is 8.58. The Bertz CT molecular complexity index is 464. The molecule has 1 rings (SSSR count). The van der Waals surface area contributed by atoms with E-state index in [1.165, 1.54) is 0 Å². The molecule has 0 fully saturated rings. The van der Waals surface area contributed by atoms with Crippen molar-refractivity contribution < 1.29 is 9.26 Å². The Morgan fingerprint density at radius 3 is 2.76 bits per heavy atom. The number of hydrogen-bond acceptors (Lipinski definition) is 3. The fourth-order valence-corrected chi connectivity index (χ4v) is 1.64. The smallest absolute Gasteiger partial charge is 0.133 e. The largest absolute Gasteiger partial charge is 0.498 e. The summed E-state index contributed by atoms with van der Waals surface area (Å²) in [6.07, 6.45) is 14.7. The molecule has 0 aliphatic heterocycles. The van der Waals surface area contributed by atoms with E-state index >= 15 is 0 Å². The highest BCUT2D eigenvalue weighted by molar-refractivity contribution is 5.16. The molecule has 3 heteroatoms. The number of allylic oxidation sites excluding steroid dienone is 4. The van der Waals surface area contributed by atoms with Crippen molar-refractivity contribution in [3.63, 3.8) is 0 Å². The van der Waals surface area contributed by atoms with Gasteiger partial charge in [0.25, 0.3) is 0 Å². The van der Waals surface area contributed by atoms with Gasteiger partial charge in [-0.1, -0.05) is 31.0 Å². The first-order valence-electron chi connectivity index (χ1n) is 7.57. The third-order valence-corrected chi connectivity index (χ3v) is 2.61. The Morgan fingerprint density at radius 2 is 2.14 bits per heavy atom. The van der Waals surface area contributed by atoms with Gasteiger partial charge in [0.05, 0.1) is 18.1 Å². The van der Waals surface area contributed by atoms with Crippen molar-refractivity contribution >= 4 is 0 Å². The minimum Gasteiger partial charge on any atom is -0.498 e. The Balaban J connectivity index is 0.00000191. The summed E-state index contributed by atoms with van der Waals surface area (Å²) in [5, 5.41) is 3.96. The second kappa shape index (κ2) is 13.1. The molecule has 3 nitrogen and oxygen atoms in total. The van der Waals surface area contributed by atoms with Crippen molar-refractivity contribution in [2.75, 3.05) is 6.61 Å². The fraction of sp³-hybridized carbons (Fsp3) is 0.500. The first-order chi connectivity index (χ1) is 10.2. The van der Waals surface area contributed by atoms with E-state index in [1.807, 2.05) is 45.9 Å². The molecular formula is C18H27NO2. The zero-order chi connectivity index (χ0) is 15.9. The molecule has 0 radical (unpaired) electrons. The van der Waals surface area contributed by atoms with Crippen molar-refractivity contribution in [1.82, 2.24) is 5.16 Å². The predicted molar refractivity (Wildman–Crippen MR) is 87.8 cm³/mol. The molecule has 0 aliphatic rings. The quantitative estimate of drug-likeness (QED) is 0.297. The number of rotatable bonds is 8. The normalized spacial score (nSPS) is 10.9. The molecule has 0 N–H and O–H groups in total. The van der Waals surface area contributed by atoms with Crippen LogP contribution >= 0.6 is 0 Å². The van der Waals surface area contributed by atoms with E-state index in [-0.39, 0.29) is 0 Å². The first-order valence-corrected chi connectivity index (χ1v) is 7.57. The molecule has 0 unspecified atom stereocenters. The molecular weight excluding hydrogens is 262 g/mol. The molecule has 1 heterocycles. The molecule has 0 saturated heterocycles. The monoisotopic (exact) mass is 289 g/mol. The van der Waals surface area contributed by atoms with E-state index in [4.69, 9.17) is 15.7 Å². The molecule has 1 aromatic rings. The summed E-state index contributed by atoms with van der Waals surface area (Å²) in [6, 6.07) is 1.99. The first kappa shape index (κ1) is 19.1. The third-order valence-electron chi connectivity index (χ3n) is 2.61. The van der Waals surface area contributed by atoms with E-state index < -0.39 is 0 Å². The van der Waals surface area contributed by atoms with Crippen LogP contribution in [0.25, 0.3) is 0 Å². The number of unbranched alkanes of at least 4 members (excludes halogenated alkanes) is 2. The number of ether oxygens (including phenoxy) is 1. The van der Waals surface area contributed by atoms with Crippen LogP contribution < -0.4 is 0 Å². The van der Waals surface area contributed by atoms with Gasteiger partial charge in [0.15, 0.2) is 0 Å². The highest BCUT2D eigenvalue weighted by atomic mass is 16.5. The average molecular weight is 289 g/mol. The highest BCUT2D eigenvalue weighted by Gasteiger charge is 1.99. The third kappa shape index (κ3) is 10.5. The van der Waals surface area contributed by atoms with Gasteiger partial charge in [-0.15, -0.1) is 6.42 Å². The Labute approximate surface area is 129 Å². The molecule has 1 aromatic heterocycles. The number of aromatic nitrogens is 1. The maximum absolute atomic E-state index is 5.55. The van der Waals surface area contributed by atoms with E-state index in [2.05, 4.69) is 11.1 Å². The van der Waals surface area contributed by atoms with Crippen molar-refractivity contribution in [1.29, 1.82) is 0 Å². The maximum atomic E-state index is 5.55. The average Bonchev–Trinajstić information content (AvgIpc) is 2.91. The van der Waals surface area contributed by atoms with Crippen molar-refractivity contribution in [2.45, 2.75) is 53.4 Å². The van der Waals surface area contributed by atoms with Gasteiger partial charge in [-0.25, -0.2) is 0 Å². The van der Waals surface area contributed by atoms with Crippen molar-refractivity contribution in [3.05, 3.63) is 41.5 Å². The molecule has 0 spiro atoms. The zero-order valence-corrected chi connectivity index (χ0v) is 13.7. The minimum atomic E-state index is 0.740. The summed E-state index contributed by atoms with van der Waals surface area (Å²) in [5.41, 5.74) is 1.04. The van der Waals surface area contributed by atoms with Gasteiger partial charge in [0, 0.05) is 6.07 Å². The summed E-state index contributed by atoms with van der Waals surface area (Å²) < 4.78 is 10.6. The lowest BCUT2D eigenvalue weighted by atomic mass is 10.1. The van der Waals surface area contributed by atoms with Crippen LogP contribution in [0.3, 0.4) is 0 Å². The molecule has 0 aliphatic carbocycles. The lowest BCUT2D eigenvalue weighted by Gasteiger charge is -2.04. The Kier molecular flexibility index (Phi) is 11.8. The van der Waals surface area contributed by atoms with Gasteiger partial charge in [0.1, 0.15) is 5.76 Å². The van der Waals surface area contributed by atoms with Crippen LogP contribution in [-0.4, -0.2) is 11.8 Å². The van der Waals surface area contributed by atoms with Gasteiger partial charge < -0.3 is 9.26 Å². The molecule has 21 heavy (non-hydrogen) atoms. The summed E-state index contributed by atoms with van der Waals surface area (Å²) in [5.74, 6) is 4.19. The van der Waals surface area contributed by atoms with Crippen LogP contribution in [0, 0.1) is 19.3 Å². The predicted octanol–water partition coefficient (Wildman–Crippen LogP) is 4.83. The summed E-state index contributed by atoms with van der Waals surface area (Å²) in [7, 11) is 0. The van der Waals surface area contributed by atoms with Crippen LogP contribution in [0.5, 0.6) is 0 Å². The van der Waals surface area contributed by atoms with Crippen LogP contribution in [0.4, 0.5) is 0 Å². The number of terminal acetylenes is 1. The topological polar surface area (TPSA) is 35.3 Å². The fourth-order valence-electron chi connectivity index (χ4n) is 1.64. The molecule has 0 bridgehead atoms. The molecule has 0 saturated carbocycles. The van der Waals surface area contributed by atoms with E-state index in [0.29, 0.717) is 0 Å². The maximum Gasteiger partial charge on any atom is 0.133 e. The van der Waals surface area contributed by atoms with Gasteiger partial charge >= 0.3 is 0 Å². The lowest BCUT2D eigenvalue weighted by molar-refractivity contribution is 0.207.